The van der Waals surface area contributed by atoms with E-state index in [4.69, 9.17) is 10.5 Å². The Balaban J connectivity index is 2.29. The average Bonchev–Trinajstić information content (AvgIpc) is 2.49. The number of carbonyl (C=O) groups is 2. The van der Waals surface area contributed by atoms with E-state index >= 15 is 0 Å². The molecule has 2 rings (SSSR count). The van der Waals surface area contributed by atoms with Crippen molar-refractivity contribution in [1.29, 1.82) is 0 Å². The molecule has 5 nitrogen and oxygen atoms in total. The molecule has 2 bridgehead atoms. The van der Waals surface area contributed by atoms with Crippen LogP contribution in [0.3, 0.4) is 0 Å². The predicted molar refractivity (Wildman–Crippen MR) is 94.5 cm³/mol. The summed E-state index contributed by atoms with van der Waals surface area (Å²) in [6, 6.07) is -0.885. The second-order valence-electron chi connectivity index (χ2n) is 9.24. The van der Waals surface area contributed by atoms with Gasteiger partial charge >= 0.3 is 12.1 Å². The molecule has 156 valence electrons. The first-order chi connectivity index (χ1) is 12.2. The summed E-state index contributed by atoms with van der Waals surface area (Å²) in [4.78, 5) is 26.0. The van der Waals surface area contributed by atoms with Crippen LogP contribution in [-0.2, 0) is 14.3 Å². The number of likely N-dealkylation sites (tertiary alicyclic amines) is 1. The number of piperidine rings is 1. The lowest BCUT2D eigenvalue weighted by Crippen LogP contribution is -2.64. The zero-order valence-electron chi connectivity index (χ0n) is 16.7. The first-order valence-corrected chi connectivity index (χ1v) is 9.53. The number of nitrogens with zero attached hydrogens (tertiary/aromatic N) is 1. The van der Waals surface area contributed by atoms with Crippen molar-refractivity contribution in [3.63, 3.8) is 0 Å². The van der Waals surface area contributed by atoms with Gasteiger partial charge in [0.05, 0.1) is 11.5 Å². The standard InChI is InChI=1S/C19H31F3N2O3/c1-10-6-12-7-13(15(10)23)16(11(2)27-17(26)18(3,4)5)24(9-12)14(25)8-19(20,21)22/h10-13,15-16H,6-9,23H2,1-5H3/t10?,11-,12?,13-,15?,16?/m0/s1. The van der Waals surface area contributed by atoms with Gasteiger partial charge in [-0.05, 0) is 58.3 Å². The van der Waals surface area contributed by atoms with Crippen LogP contribution in [0, 0.1) is 23.2 Å². The zero-order valence-corrected chi connectivity index (χ0v) is 16.7. The zero-order chi connectivity index (χ0) is 20.7. The number of halogens is 3. The van der Waals surface area contributed by atoms with Gasteiger partial charge in [0.25, 0.3) is 0 Å². The van der Waals surface area contributed by atoms with Crippen molar-refractivity contribution in [2.24, 2.45) is 28.9 Å². The highest BCUT2D eigenvalue weighted by Crippen LogP contribution is 2.43. The van der Waals surface area contributed by atoms with Gasteiger partial charge in [-0.2, -0.15) is 13.2 Å². The van der Waals surface area contributed by atoms with Crippen LogP contribution in [0.2, 0.25) is 0 Å². The Labute approximate surface area is 158 Å². The van der Waals surface area contributed by atoms with E-state index in [-0.39, 0.29) is 30.3 Å². The molecule has 2 fully saturated rings. The molecule has 2 N–H and O–H groups in total. The van der Waals surface area contributed by atoms with Gasteiger partial charge < -0.3 is 15.4 Å². The van der Waals surface area contributed by atoms with Crippen molar-refractivity contribution in [1.82, 2.24) is 4.90 Å². The van der Waals surface area contributed by atoms with Crippen LogP contribution in [0.15, 0.2) is 0 Å². The molecular weight excluding hydrogens is 361 g/mol. The molecule has 1 saturated heterocycles. The molecular formula is C19H31F3N2O3. The molecule has 0 radical (unpaired) electrons. The summed E-state index contributed by atoms with van der Waals surface area (Å²) in [6.07, 6.45) is -5.28. The summed E-state index contributed by atoms with van der Waals surface area (Å²) in [5.41, 5.74) is 5.62. The first-order valence-electron chi connectivity index (χ1n) is 9.53. The minimum absolute atomic E-state index is 0.128. The molecule has 8 heteroatoms. The number of fused-ring (bicyclic) bond motifs is 2. The van der Waals surface area contributed by atoms with Crippen molar-refractivity contribution >= 4 is 11.9 Å². The molecule has 2 aliphatic rings. The molecule has 0 spiro atoms. The molecule has 1 amide bonds. The SMILES string of the molecule is CC1CC2C[C@@H](C1N)C([C@H](C)OC(=O)C(C)(C)C)N(C(=O)CC(F)(F)F)C2. The minimum atomic E-state index is -4.57. The Morgan fingerprint density at radius 2 is 1.81 bits per heavy atom. The summed E-state index contributed by atoms with van der Waals surface area (Å²) in [5, 5.41) is 0. The third-order valence-corrected chi connectivity index (χ3v) is 5.77. The number of esters is 1. The van der Waals surface area contributed by atoms with Crippen LogP contribution in [0.25, 0.3) is 0 Å². The fourth-order valence-electron chi connectivity index (χ4n) is 4.45. The summed E-state index contributed by atoms with van der Waals surface area (Å²) in [7, 11) is 0. The van der Waals surface area contributed by atoms with E-state index in [1.54, 1.807) is 27.7 Å². The molecule has 6 atom stereocenters. The lowest BCUT2D eigenvalue weighted by atomic mass is 9.65. The van der Waals surface area contributed by atoms with Crippen LogP contribution in [0.5, 0.6) is 0 Å². The number of alkyl halides is 3. The average molecular weight is 392 g/mol. The van der Waals surface area contributed by atoms with Crippen LogP contribution in [-0.4, -0.2) is 47.7 Å². The highest BCUT2D eigenvalue weighted by Gasteiger charge is 2.50. The van der Waals surface area contributed by atoms with Crippen molar-refractivity contribution < 1.29 is 27.5 Å². The fraction of sp³-hybridized carbons (Fsp3) is 0.895. The number of rotatable bonds is 3. The fourth-order valence-corrected chi connectivity index (χ4v) is 4.45. The van der Waals surface area contributed by atoms with Gasteiger partial charge in [0.2, 0.25) is 5.91 Å². The Morgan fingerprint density at radius 3 is 2.33 bits per heavy atom. The second kappa shape index (κ2) is 7.60. The van der Waals surface area contributed by atoms with Gasteiger partial charge in [-0.15, -0.1) is 0 Å². The van der Waals surface area contributed by atoms with Crippen LogP contribution in [0.1, 0.15) is 53.9 Å². The monoisotopic (exact) mass is 392 g/mol. The normalized spacial score (nSPS) is 32.8. The van der Waals surface area contributed by atoms with E-state index in [0.717, 1.165) is 12.8 Å². The third-order valence-electron chi connectivity index (χ3n) is 5.77. The highest BCUT2D eigenvalue weighted by molar-refractivity contribution is 5.78. The van der Waals surface area contributed by atoms with Gasteiger partial charge in [-0.1, -0.05) is 6.92 Å². The number of hydrogen-bond donors (Lipinski definition) is 1. The minimum Gasteiger partial charge on any atom is -0.460 e. The molecule has 0 aromatic heterocycles. The number of hydrogen-bond acceptors (Lipinski definition) is 4. The van der Waals surface area contributed by atoms with Gasteiger partial charge in [0.15, 0.2) is 0 Å². The third kappa shape index (κ3) is 5.15. The van der Waals surface area contributed by atoms with Crippen molar-refractivity contribution in [3.05, 3.63) is 0 Å². The Bertz CT molecular complexity index is 574. The van der Waals surface area contributed by atoms with Crippen molar-refractivity contribution in [3.8, 4) is 0 Å². The van der Waals surface area contributed by atoms with Crippen LogP contribution >= 0.6 is 0 Å². The number of amides is 1. The second-order valence-corrected chi connectivity index (χ2v) is 9.24. The molecule has 0 aromatic carbocycles. The molecule has 1 aliphatic carbocycles. The predicted octanol–water partition coefficient (Wildman–Crippen LogP) is 3.12. The maximum absolute atomic E-state index is 12.8. The van der Waals surface area contributed by atoms with Gasteiger partial charge in [0, 0.05) is 12.6 Å². The van der Waals surface area contributed by atoms with E-state index in [1.807, 2.05) is 6.92 Å². The van der Waals surface area contributed by atoms with E-state index in [0.29, 0.717) is 0 Å². The molecule has 1 saturated carbocycles. The van der Waals surface area contributed by atoms with Gasteiger partial charge in [-0.25, -0.2) is 0 Å². The molecule has 27 heavy (non-hydrogen) atoms. The lowest BCUT2D eigenvalue weighted by molar-refractivity contribution is -0.179. The smallest absolute Gasteiger partial charge is 0.397 e. The highest BCUT2D eigenvalue weighted by atomic mass is 19.4. The first kappa shape index (κ1) is 22.0. The van der Waals surface area contributed by atoms with Crippen molar-refractivity contribution in [2.45, 2.75) is 78.2 Å². The van der Waals surface area contributed by atoms with E-state index in [1.165, 1.54) is 4.90 Å². The van der Waals surface area contributed by atoms with Crippen molar-refractivity contribution in [2.75, 3.05) is 6.54 Å². The number of ether oxygens (including phenoxy) is 1. The Morgan fingerprint density at radius 1 is 1.22 bits per heavy atom. The topological polar surface area (TPSA) is 72.6 Å². The number of carbonyl (C=O) groups excluding carboxylic acids is 2. The molecule has 4 unspecified atom stereocenters. The van der Waals surface area contributed by atoms with Crippen LogP contribution < -0.4 is 5.73 Å². The Hall–Kier alpha value is -1.31. The van der Waals surface area contributed by atoms with E-state index < -0.39 is 42.0 Å². The summed E-state index contributed by atoms with van der Waals surface area (Å²) in [5.74, 6) is -1.27. The van der Waals surface area contributed by atoms with E-state index in [2.05, 4.69) is 0 Å². The summed E-state index contributed by atoms with van der Waals surface area (Å²) in [6.45, 7) is 9.05. The summed E-state index contributed by atoms with van der Waals surface area (Å²) >= 11 is 0. The number of nitrogens with two attached hydrogens (primary N) is 1. The molecule has 1 heterocycles. The quantitative estimate of drug-likeness (QED) is 0.749. The lowest BCUT2D eigenvalue weighted by Gasteiger charge is -2.53. The Kier molecular flexibility index (Phi) is 6.19. The van der Waals surface area contributed by atoms with Gasteiger partial charge in [-0.3, -0.25) is 9.59 Å². The van der Waals surface area contributed by atoms with E-state index in [9.17, 15) is 22.8 Å². The van der Waals surface area contributed by atoms with Crippen LogP contribution in [0.4, 0.5) is 13.2 Å². The van der Waals surface area contributed by atoms with Gasteiger partial charge in [0.1, 0.15) is 12.5 Å². The molecule has 0 aromatic rings. The largest absolute Gasteiger partial charge is 0.460 e. The molecule has 1 aliphatic heterocycles. The maximum Gasteiger partial charge on any atom is 0.397 e. The maximum atomic E-state index is 12.8. The summed E-state index contributed by atoms with van der Waals surface area (Å²) < 4.78 is 44.1.